The summed E-state index contributed by atoms with van der Waals surface area (Å²) >= 11 is 0. The molecule has 2 aromatic heterocycles. The zero-order valence-corrected chi connectivity index (χ0v) is 14.9. The van der Waals surface area contributed by atoms with Gasteiger partial charge in [0.05, 0.1) is 31.1 Å². The van der Waals surface area contributed by atoms with Crippen LogP contribution < -0.4 is 10.1 Å². The number of pyridine rings is 2. The van der Waals surface area contributed by atoms with Crippen LogP contribution in [0.2, 0.25) is 0 Å². The maximum Gasteiger partial charge on any atom is 0.259 e. The van der Waals surface area contributed by atoms with Crippen molar-refractivity contribution < 1.29 is 14.3 Å². The van der Waals surface area contributed by atoms with Gasteiger partial charge < -0.3 is 15.0 Å². The Bertz CT molecular complexity index is 809. The zero-order valence-electron chi connectivity index (χ0n) is 14.9. The standard InChI is InChI=1S/C19H22N4O3/c1-13(24)21-12-14-6-3-8-16(22-14)17-9-5-11-23(17)19(25)15-7-4-10-20-18(15)26-2/h3-4,6-8,10,17H,5,9,11-12H2,1-2H3,(H,21,24)/t17-/m1/s1. The van der Waals surface area contributed by atoms with E-state index >= 15 is 0 Å². The predicted octanol–water partition coefficient (Wildman–Crippen LogP) is 2.10. The highest BCUT2D eigenvalue weighted by molar-refractivity contribution is 5.96. The zero-order chi connectivity index (χ0) is 18.5. The highest BCUT2D eigenvalue weighted by atomic mass is 16.5. The fraction of sp³-hybridized carbons (Fsp3) is 0.368. The average Bonchev–Trinajstić information content (AvgIpc) is 3.16. The Balaban J connectivity index is 1.83. The lowest BCUT2D eigenvalue weighted by Crippen LogP contribution is -2.31. The van der Waals surface area contributed by atoms with Gasteiger partial charge in [0.2, 0.25) is 11.8 Å². The Kier molecular flexibility index (Phi) is 5.46. The second-order valence-corrected chi connectivity index (χ2v) is 6.18. The molecule has 136 valence electrons. The van der Waals surface area contributed by atoms with E-state index in [1.807, 2.05) is 23.1 Å². The Morgan fingerprint density at radius 2 is 2.15 bits per heavy atom. The van der Waals surface area contributed by atoms with Crippen LogP contribution in [0.15, 0.2) is 36.5 Å². The first-order chi connectivity index (χ1) is 12.6. The summed E-state index contributed by atoms with van der Waals surface area (Å²) in [6.07, 6.45) is 3.37. The van der Waals surface area contributed by atoms with Gasteiger partial charge in [0.1, 0.15) is 5.56 Å². The number of methoxy groups -OCH3 is 1. The van der Waals surface area contributed by atoms with Crippen molar-refractivity contribution >= 4 is 11.8 Å². The van der Waals surface area contributed by atoms with E-state index in [0.717, 1.165) is 24.2 Å². The Morgan fingerprint density at radius 1 is 1.31 bits per heavy atom. The molecule has 1 atom stereocenters. The molecule has 3 rings (SSSR count). The summed E-state index contributed by atoms with van der Waals surface area (Å²) < 4.78 is 5.23. The lowest BCUT2D eigenvalue weighted by molar-refractivity contribution is -0.119. The van der Waals surface area contributed by atoms with Gasteiger partial charge in [-0.2, -0.15) is 0 Å². The number of amides is 2. The van der Waals surface area contributed by atoms with Gasteiger partial charge in [0.15, 0.2) is 0 Å². The van der Waals surface area contributed by atoms with Gasteiger partial charge in [0, 0.05) is 19.7 Å². The van der Waals surface area contributed by atoms with Gasteiger partial charge in [-0.15, -0.1) is 0 Å². The van der Waals surface area contributed by atoms with Crippen molar-refractivity contribution in [2.45, 2.75) is 32.4 Å². The van der Waals surface area contributed by atoms with Crippen LogP contribution in [0.4, 0.5) is 0 Å². The molecular formula is C19H22N4O3. The minimum atomic E-state index is -0.105. The summed E-state index contributed by atoms with van der Waals surface area (Å²) in [5.74, 6) is 0.126. The van der Waals surface area contributed by atoms with Crippen molar-refractivity contribution in [2.24, 2.45) is 0 Å². The van der Waals surface area contributed by atoms with Crippen LogP contribution in [0.3, 0.4) is 0 Å². The number of carbonyl (C=O) groups excluding carboxylic acids is 2. The average molecular weight is 354 g/mol. The molecule has 0 unspecified atom stereocenters. The molecule has 2 amide bonds. The van der Waals surface area contributed by atoms with E-state index in [1.54, 1.807) is 18.3 Å². The maximum absolute atomic E-state index is 13.0. The summed E-state index contributed by atoms with van der Waals surface area (Å²) in [6.45, 7) is 2.52. The number of nitrogens with zero attached hydrogens (tertiary/aromatic N) is 3. The highest BCUT2D eigenvalue weighted by Gasteiger charge is 2.33. The number of rotatable bonds is 5. The number of hydrogen-bond acceptors (Lipinski definition) is 5. The van der Waals surface area contributed by atoms with Gasteiger partial charge in [-0.1, -0.05) is 6.07 Å². The van der Waals surface area contributed by atoms with E-state index < -0.39 is 0 Å². The van der Waals surface area contributed by atoms with Crippen LogP contribution in [0.25, 0.3) is 0 Å². The Morgan fingerprint density at radius 3 is 2.92 bits per heavy atom. The highest BCUT2D eigenvalue weighted by Crippen LogP contribution is 2.33. The molecule has 7 nitrogen and oxygen atoms in total. The molecule has 1 fully saturated rings. The lowest BCUT2D eigenvalue weighted by atomic mass is 10.1. The van der Waals surface area contributed by atoms with Crippen LogP contribution in [0.5, 0.6) is 5.88 Å². The topological polar surface area (TPSA) is 84.4 Å². The van der Waals surface area contributed by atoms with E-state index in [1.165, 1.54) is 14.0 Å². The van der Waals surface area contributed by atoms with Gasteiger partial charge in [-0.25, -0.2) is 4.98 Å². The number of hydrogen-bond donors (Lipinski definition) is 1. The quantitative estimate of drug-likeness (QED) is 0.889. The molecule has 26 heavy (non-hydrogen) atoms. The molecule has 3 heterocycles. The summed E-state index contributed by atoms with van der Waals surface area (Å²) in [5.41, 5.74) is 2.06. The van der Waals surface area contributed by atoms with Crippen LogP contribution in [-0.2, 0) is 11.3 Å². The molecule has 2 aromatic rings. The fourth-order valence-corrected chi connectivity index (χ4v) is 3.19. The van der Waals surface area contributed by atoms with E-state index in [-0.39, 0.29) is 17.9 Å². The molecular weight excluding hydrogens is 332 g/mol. The van der Waals surface area contributed by atoms with Gasteiger partial charge in [0.25, 0.3) is 5.91 Å². The van der Waals surface area contributed by atoms with Crippen molar-refractivity contribution in [3.05, 3.63) is 53.5 Å². The third-order valence-corrected chi connectivity index (χ3v) is 4.40. The minimum Gasteiger partial charge on any atom is -0.480 e. The van der Waals surface area contributed by atoms with E-state index in [9.17, 15) is 9.59 Å². The molecule has 0 radical (unpaired) electrons. The first kappa shape index (κ1) is 17.8. The van der Waals surface area contributed by atoms with Crippen molar-refractivity contribution in [1.29, 1.82) is 0 Å². The maximum atomic E-state index is 13.0. The van der Waals surface area contributed by atoms with E-state index in [2.05, 4.69) is 15.3 Å². The second-order valence-electron chi connectivity index (χ2n) is 6.18. The molecule has 1 N–H and O–H groups in total. The SMILES string of the molecule is COc1ncccc1C(=O)N1CCC[C@@H]1c1cccc(CNC(C)=O)n1. The van der Waals surface area contributed by atoms with Crippen LogP contribution in [0.1, 0.15) is 47.6 Å². The monoisotopic (exact) mass is 354 g/mol. The first-order valence-corrected chi connectivity index (χ1v) is 8.60. The molecule has 0 aromatic carbocycles. The number of ether oxygens (including phenoxy) is 1. The molecule has 0 aliphatic carbocycles. The van der Waals surface area contributed by atoms with E-state index in [4.69, 9.17) is 4.74 Å². The summed E-state index contributed by atoms with van der Waals surface area (Å²) in [7, 11) is 1.51. The lowest BCUT2D eigenvalue weighted by Gasteiger charge is -2.25. The van der Waals surface area contributed by atoms with Crippen molar-refractivity contribution in [2.75, 3.05) is 13.7 Å². The molecule has 1 aliphatic heterocycles. The van der Waals surface area contributed by atoms with Gasteiger partial charge in [-0.3, -0.25) is 14.6 Å². The molecule has 1 aliphatic rings. The van der Waals surface area contributed by atoms with Gasteiger partial charge in [-0.05, 0) is 37.1 Å². The fourth-order valence-electron chi connectivity index (χ4n) is 3.19. The second kappa shape index (κ2) is 7.95. The molecule has 0 spiro atoms. The van der Waals surface area contributed by atoms with Crippen LogP contribution in [-0.4, -0.2) is 40.3 Å². The Hall–Kier alpha value is -2.96. The van der Waals surface area contributed by atoms with Gasteiger partial charge >= 0.3 is 0 Å². The number of aromatic nitrogens is 2. The third kappa shape index (κ3) is 3.82. The Labute approximate surface area is 152 Å². The normalized spacial score (nSPS) is 16.4. The van der Waals surface area contributed by atoms with Crippen LogP contribution in [0, 0.1) is 0 Å². The smallest absolute Gasteiger partial charge is 0.259 e. The minimum absolute atomic E-state index is 0.0929. The third-order valence-electron chi connectivity index (χ3n) is 4.40. The summed E-state index contributed by atoms with van der Waals surface area (Å²) in [5, 5.41) is 2.75. The molecule has 7 heteroatoms. The van der Waals surface area contributed by atoms with Crippen molar-refractivity contribution in [1.82, 2.24) is 20.2 Å². The summed E-state index contributed by atoms with van der Waals surface area (Å²) in [6, 6.07) is 9.06. The van der Waals surface area contributed by atoms with E-state index in [0.29, 0.717) is 24.5 Å². The largest absolute Gasteiger partial charge is 0.480 e. The number of likely N-dealkylation sites (tertiary alicyclic amines) is 1. The first-order valence-electron chi connectivity index (χ1n) is 8.60. The molecule has 0 bridgehead atoms. The number of nitrogens with one attached hydrogen (secondary N) is 1. The molecule has 0 saturated carbocycles. The van der Waals surface area contributed by atoms with Crippen molar-refractivity contribution in [3.8, 4) is 5.88 Å². The molecule has 1 saturated heterocycles. The van der Waals surface area contributed by atoms with Crippen molar-refractivity contribution in [3.63, 3.8) is 0 Å². The predicted molar refractivity (Wildman–Crippen MR) is 95.6 cm³/mol. The van der Waals surface area contributed by atoms with Crippen LogP contribution >= 0.6 is 0 Å². The number of carbonyl (C=O) groups is 2. The summed E-state index contributed by atoms with van der Waals surface area (Å²) in [4.78, 5) is 34.7.